The highest BCUT2D eigenvalue weighted by atomic mass is 32.1. The minimum absolute atomic E-state index is 0.0258. The van der Waals surface area contributed by atoms with Crippen molar-refractivity contribution in [3.63, 3.8) is 0 Å². The second-order valence-corrected chi connectivity index (χ2v) is 9.57. The van der Waals surface area contributed by atoms with E-state index < -0.39 is 16.8 Å². The molecule has 1 N–H and O–H groups in total. The summed E-state index contributed by atoms with van der Waals surface area (Å²) in [4.78, 5) is 42.7. The smallest absolute Gasteiger partial charge is 0.341 e. The number of aryl methyl sites for hydroxylation is 1. The standard InChI is InChI=1S/C24H30N4O5S/c1-3-26-11-13-27(14-12-26)16-9-10-17(19(15-16)28(31)32)22(29)25-23-21(24(30)33-4-2)18-7-5-6-8-20(18)34-23/h9-10,15H,3-8,11-14H2,1-2H3,(H,25,29). The lowest BCUT2D eigenvalue weighted by Gasteiger charge is -2.35. The topological polar surface area (TPSA) is 105 Å². The van der Waals surface area contributed by atoms with E-state index in [9.17, 15) is 19.7 Å². The van der Waals surface area contributed by atoms with Gasteiger partial charge in [0.15, 0.2) is 0 Å². The molecule has 2 aromatic rings. The Kier molecular flexibility index (Phi) is 7.47. The molecule has 0 spiro atoms. The molecule has 0 unspecified atom stereocenters. The number of fused-ring (bicyclic) bond motifs is 1. The molecule has 0 bridgehead atoms. The van der Waals surface area contributed by atoms with Crippen molar-refractivity contribution in [2.24, 2.45) is 0 Å². The Morgan fingerprint density at radius 2 is 1.88 bits per heavy atom. The molecular formula is C24H30N4O5S. The zero-order valence-corrected chi connectivity index (χ0v) is 20.4. The van der Waals surface area contributed by atoms with Crippen molar-refractivity contribution in [3.05, 3.63) is 49.9 Å². The van der Waals surface area contributed by atoms with E-state index in [0.29, 0.717) is 10.6 Å². The average molecular weight is 487 g/mol. The van der Waals surface area contributed by atoms with Crippen molar-refractivity contribution in [2.75, 3.05) is 49.5 Å². The first-order chi connectivity index (χ1) is 16.4. The van der Waals surface area contributed by atoms with Crippen LogP contribution in [0, 0.1) is 10.1 Å². The predicted molar refractivity (Wildman–Crippen MR) is 132 cm³/mol. The number of nitrogens with one attached hydrogen (secondary N) is 1. The van der Waals surface area contributed by atoms with Gasteiger partial charge in [0.05, 0.1) is 17.1 Å². The third-order valence-electron chi connectivity index (χ3n) is 6.49. The van der Waals surface area contributed by atoms with Crippen LogP contribution in [0.5, 0.6) is 0 Å². The monoisotopic (exact) mass is 486 g/mol. The van der Waals surface area contributed by atoms with Crippen molar-refractivity contribution in [1.29, 1.82) is 0 Å². The molecule has 10 heteroatoms. The molecular weight excluding hydrogens is 456 g/mol. The van der Waals surface area contributed by atoms with Crippen LogP contribution in [0.1, 0.15) is 57.8 Å². The maximum atomic E-state index is 13.2. The van der Waals surface area contributed by atoms with Crippen LogP contribution < -0.4 is 10.2 Å². The van der Waals surface area contributed by atoms with Gasteiger partial charge in [-0.2, -0.15) is 0 Å². The molecule has 1 aliphatic carbocycles. The molecule has 1 aromatic heterocycles. The van der Waals surface area contributed by atoms with Gasteiger partial charge in [0.2, 0.25) is 0 Å². The number of likely N-dealkylation sites (N-methyl/N-ethyl adjacent to an activating group) is 1. The number of nitrogens with zero attached hydrogens (tertiary/aromatic N) is 3. The number of anilines is 2. The number of benzene rings is 1. The lowest BCUT2D eigenvalue weighted by atomic mass is 9.95. The summed E-state index contributed by atoms with van der Waals surface area (Å²) in [6.07, 6.45) is 3.62. The largest absolute Gasteiger partial charge is 0.462 e. The average Bonchev–Trinajstić information content (AvgIpc) is 3.21. The van der Waals surface area contributed by atoms with Crippen LogP contribution in [0.4, 0.5) is 16.4 Å². The van der Waals surface area contributed by atoms with E-state index in [0.717, 1.165) is 74.5 Å². The quantitative estimate of drug-likeness (QED) is 0.357. The summed E-state index contributed by atoms with van der Waals surface area (Å²) in [7, 11) is 0. The van der Waals surface area contributed by atoms with Crippen molar-refractivity contribution in [1.82, 2.24) is 4.90 Å². The number of carbonyl (C=O) groups excluding carboxylic acids is 2. The normalized spacial score (nSPS) is 16.1. The van der Waals surface area contributed by atoms with Gasteiger partial charge in [-0.1, -0.05) is 6.92 Å². The number of nitro groups is 1. The number of nitro benzene ring substituents is 1. The van der Waals surface area contributed by atoms with Crippen LogP contribution in [0.25, 0.3) is 0 Å². The van der Waals surface area contributed by atoms with Gasteiger partial charge in [-0.3, -0.25) is 14.9 Å². The summed E-state index contributed by atoms with van der Waals surface area (Å²) in [6, 6.07) is 4.74. The summed E-state index contributed by atoms with van der Waals surface area (Å²) in [5, 5.41) is 15.1. The van der Waals surface area contributed by atoms with Gasteiger partial charge in [-0.15, -0.1) is 11.3 Å². The van der Waals surface area contributed by atoms with E-state index in [1.807, 2.05) is 0 Å². The van der Waals surface area contributed by atoms with E-state index in [2.05, 4.69) is 22.0 Å². The van der Waals surface area contributed by atoms with Crippen molar-refractivity contribution >= 4 is 39.6 Å². The molecule has 2 aliphatic rings. The Morgan fingerprint density at radius 1 is 1.15 bits per heavy atom. The van der Waals surface area contributed by atoms with Crippen LogP contribution >= 0.6 is 11.3 Å². The molecule has 9 nitrogen and oxygen atoms in total. The number of carbonyl (C=O) groups is 2. The lowest BCUT2D eigenvalue weighted by molar-refractivity contribution is -0.385. The van der Waals surface area contributed by atoms with Crippen molar-refractivity contribution < 1.29 is 19.2 Å². The van der Waals surface area contributed by atoms with Crippen LogP contribution in [0.3, 0.4) is 0 Å². The predicted octanol–water partition coefficient (Wildman–Crippen LogP) is 4.11. The van der Waals surface area contributed by atoms with E-state index in [1.165, 1.54) is 23.5 Å². The fraction of sp³-hybridized carbons (Fsp3) is 0.500. The third-order valence-corrected chi connectivity index (χ3v) is 7.69. The zero-order valence-electron chi connectivity index (χ0n) is 19.6. The van der Waals surface area contributed by atoms with Gasteiger partial charge >= 0.3 is 5.97 Å². The molecule has 1 saturated heterocycles. The van der Waals surface area contributed by atoms with Gasteiger partial charge in [0, 0.05) is 42.8 Å². The Hall–Kier alpha value is -2.98. The minimum atomic E-state index is -0.599. The maximum Gasteiger partial charge on any atom is 0.341 e. The fourth-order valence-corrected chi connectivity index (χ4v) is 5.90. The number of piperazine rings is 1. The van der Waals surface area contributed by atoms with Crippen LogP contribution in [0.2, 0.25) is 0 Å². The first kappa shape index (κ1) is 24.2. The Morgan fingerprint density at radius 3 is 2.56 bits per heavy atom. The van der Waals surface area contributed by atoms with Gasteiger partial charge < -0.3 is 19.9 Å². The summed E-state index contributed by atoms with van der Waals surface area (Å²) < 4.78 is 5.24. The highest BCUT2D eigenvalue weighted by molar-refractivity contribution is 7.17. The first-order valence-electron chi connectivity index (χ1n) is 11.8. The van der Waals surface area contributed by atoms with E-state index in [4.69, 9.17) is 4.74 Å². The van der Waals surface area contributed by atoms with Gasteiger partial charge in [-0.05, 0) is 56.8 Å². The number of thiophene rings is 1. The molecule has 34 heavy (non-hydrogen) atoms. The summed E-state index contributed by atoms with van der Waals surface area (Å²) in [5.74, 6) is -1.06. The maximum absolute atomic E-state index is 13.2. The first-order valence-corrected chi connectivity index (χ1v) is 12.6. The van der Waals surface area contributed by atoms with Crippen LogP contribution in [-0.4, -0.2) is 61.0 Å². The second kappa shape index (κ2) is 10.5. The summed E-state index contributed by atoms with van der Waals surface area (Å²) in [6.45, 7) is 8.41. The number of hydrogen-bond donors (Lipinski definition) is 1. The highest BCUT2D eigenvalue weighted by Gasteiger charge is 2.29. The van der Waals surface area contributed by atoms with E-state index in [-0.39, 0.29) is 17.9 Å². The lowest BCUT2D eigenvalue weighted by Crippen LogP contribution is -2.46. The number of hydrogen-bond acceptors (Lipinski definition) is 8. The molecule has 2 heterocycles. The number of rotatable bonds is 7. The highest BCUT2D eigenvalue weighted by Crippen LogP contribution is 2.39. The molecule has 0 saturated carbocycles. The molecule has 1 aromatic carbocycles. The van der Waals surface area contributed by atoms with Gasteiger partial charge in [-0.25, -0.2) is 4.79 Å². The van der Waals surface area contributed by atoms with E-state index >= 15 is 0 Å². The molecule has 182 valence electrons. The van der Waals surface area contributed by atoms with Crippen molar-refractivity contribution in [2.45, 2.75) is 39.5 Å². The molecule has 1 fully saturated rings. The number of ether oxygens (including phenoxy) is 1. The minimum Gasteiger partial charge on any atom is -0.462 e. The fourth-order valence-electron chi connectivity index (χ4n) is 4.63. The molecule has 4 rings (SSSR count). The molecule has 1 aliphatic heterocycles. The molecule has 0 radical (unpaired) electrons. The summed E-state index contributed by atoms with van der Waals surface area (Å²) >= 11 is 1.37. The van der Waals surface area contributed by atoms with Crippen LogP contribution in [-0.2, 0) is 17.6 Å². The molecule has 1 amide bonds. The van der Waals surface area contributed by atoms with E-state index in [1.54, 1.807) is 13.0 Å². The third kappa shape index (κ3) is 4.92. The molecule has 0 atom stereocenters. The summed E-state index contributed by atoms with van der Waals surface area (Å²) in [5.41, 5.74) is 1.79. The SMILES string of the molecule is CCOC(=O)c1c(NC(=O)c2ccc(N3CCN(CC)CC3)cc2[N+](=O)[O-])sc2c1CCCC2. The Balaban J connectivity index is 1.60. The number of esters is 1. The van der Waals surface area contributed by atoms with Crippen LogP contribution in [0.15, 0.2) is 18.2 Å². The Labute approximate surface area is 202 Å². The Bertz CT molecular complexity index is 1090. The second-order valence-electron chi connectivity index (χ2n) is 8.47. The van der Waals surface area contributed by atoms with Gasteiger partial charge in [0.25, 0.3) is 11.6 Å². The number of amides is 1. The van der Waals surface area contributed by atoms with Gasteiger partial charge in [0.1, 0.15) is 10.6 Å². The zero-order chi connectivity index (χ0) is 24.2. The van der Waals surface area contributed by atoms with Crippen molar-refractivity contribution in [3.8, 4) is 0 Å².